The fraction of sp³-hybridized carbons (Fsp3) is 0.353. The Kier molecular flexibility index (Phi) is 3.36. The van der Waals surface area contributed by atoms with Crippen LogP contribution in [0.5, 0.6) is 0 Å². The number of nitriles is 1. The summed E-state index contributed by atoms with van der Waals surface area (Å²) in [7, 11) is 0. The van der Waals surface area contributed by atoms with Gasteiger partial charge in [0, 0.05) is 23.7 Å². The van der Waals surface area contributed by atoms with E-state index in [9.17, 15) is 4.79 Å². The zero-order valence-corrected chi connectivity index (χ0v) is 12.5. The number of nitrogens with one attached hydrogen (secondary N) is 2. The van der Waals surface area contributed by atoms with E-state index in [-0.39, 0.29) is 17.8 Å². The summed E-state index contributed by atoms with van der Waals surface area (Å²) in [5.74, 6) is 0.260. The lowest BCUT2D eigenvalue weighted by Gasteiger charge is -2.20. The standard InChI is InChI=1S/C17H16N4O2/c18-8-10-2-1-3-11(6-10)15-9-19-17(23-15)16(22)21-14-7-12-4-5-13(14)20-12/h1-3,6,9,12-14,20H,4-5,7H2,(H,21,22)/t12-,13+,14-/m1/s1. The summed E-state index contributed by atoms with van der Waals surface area (Å²) in [6, 6.07) is 10.2. The molecular weight excluding hydrogens is 292 g/mol. The molecule has 2 N–H and O–H groups in total. The van der Waals surface area contributed by atoms with Crippen molar-refractivity contribution in [3.63, 3.8) is 0 Å². The predicted octanol–water partition coefficient (Wildman–Crippen LogP) is 1.84. The number of oxazole rings is 1. The van der Waals surface area contributed by atoms with Crippen molar-refractivity contribution in [2.24, 2.45) is 0 Å². The van der Waals surface area contributed by atoms with Crippen molar-refractivity contribution in [2.75, 3.05) is 0 Å². The zero-order chi connectivity index (χ0) is 15.8. The Hall–Kier alpha value is -2.65. The van der Waals surface area contributed by atoms with Gasteiger partial charge in [-0.05, 0) is 31.4 Å². The highest BCUT2D eigenvalue weighted by Gasteiger charge is 2.40. The molecule has 0 unspecified atom stereocenters. The van der Waals surface area contributed by atoms with E-state index in [1.807, 2.05) is 6.07 Å². The normalized spacial score (nSPS) is 25.3. The number of benzene rings is 1. The molecular formula is C17H16N4O2. The van der Waals surface area contributed by atoms with Crippen molar-refractivity contribution in [1.29, 1.82) is 5.26 Å². The second-order valence-corrected chi connectivity index (χ2v) is 6.09. The number of nitrogens with zero attached hydrogens (tertiary/aromatic N) is 2. The van der Waals surface area contributed by atoms with E-state index in [0.717, 1.165) is 18.4 Å². The van der Waals surface area contributed by atoms with Gasteiger partial charge in [-0.3, -0.25) is 4.79 Å². The molecule has 4 rings (SSSR count). The molecule has 2 aromatic rings. The number of rotatable bonds is 3. The second-order valence-electron chi connectivity index (χ2n) is 6.09. The minimum absolute atomic E-state index is 0.0603. The monoisotopic (exact) mass is 308 g/mol. The summed E-state index contributed by atoms with van der Waals surface area (Å²) in [6.45, 7) is 0. The maximum Gasteiger partial charge on any atom is 0.307 e. The maximum atomic E-state index is 12.3. The molecule has 23 heavy (non-hydrogen) atoms. The van der Waals surface area contributed by atoms with Crippen LogP contribution in [0.15, 0.2) is 34.9 Å². The first-order valence-electron chi connectivity index (χ1n) is 7.76. The maximum absolute atomic E-state index is 12.3. The molecule has 6 heteroatoms. The average Bonchev–Trinajstić information content (AvgIpc) is 3.31. The number of aromatic nitrogens is 1. The van der Waals surface area contributed by atoms with Crippen LogP contribution in [0.2, 0.25) is 0 Å². The lowest BCUT2D eigenvalue weighted by molar-refractivity contribution is 0.0896. The molecule has 3 heterocycles. The van der Waals surface area contributed by atoms with Crippen LogP contribution in [-0.2, 0) is 0 Å². The van der Waals surface area contributed by atoms with E-state index < -0.39 is 0 Å². The smallest absolute Gasteiger partial charge is 0.307 e. The summed E-state index contributed by atoms with van der Waals surface area (Å²) >= 11 is 0. The molecule has 1 aromatic heterocycles. The quantitative estimate of drug-likeness (QED) is 0.902. The van der Waals surface area contributed by atoms with Crippen LogP contribution in [-0.4, -0.2) is 29.0 Å². The van der Waals surface area contributed by atoms with Crippen LogP contribution in [0.1, 0.15) is 35.5 Å². The molecule has 2 aliphatic heterocycles. The third-order valence-corrected chi connectivity index (χ3v) is 4.59. The van der Waals surface area contributed by atoms with Gasteiger partial charge in [0.1, 0.15) is 0 Å². The Morgan fingerprint density at radius 1 is 1.43 bits per heavy atom. The largest absolute Gasteiger partial charge is 0.432 e. The van der Waals surface area contributed by atoms with Crippen LogP contribution in [0.25, 0.3) is 11.3 Å². The molecule has 2 bridgehead atoms. The lowest BCUT2D eigenvalue weighted by atomic mass is 9.95. The van der Waals surface area contributed by atoms with Gasteiger partial charge in [-0.25, -0.2) is 4.98 Å². The van der Waals surface area contributed by atoms with Crippen molar-refractivity contribution in [1.82, 2.24) is 15.6 Å². The highest BCUT2D eigenvalue weighted by atomic mass is 16.4. The topological polar surface area (TPSA) is 91.0 Å². The van der Waals surface area contributed by atoms with E-state index in [0.29, 0.717) is 23.4 Å². The Bertz CT molecular complexity index is 792. The highest BCUT2D eigenvalue weighted by Crippen LogP contribution is 2.28. The number of carbonyl (C=O) groups is 1. The fourth-order valence-electron chi connectivity index (χ4n) is 3.47. The van der Waals surface area contributed by atoms with E-state index in [4.69, 9.17) is 9.68 Å². The summed E-state index contributed by atoms with van der Waals surface area (Å²) in [5.41, 5.74) is 1.27. The number of fused-ring (bicyclic) bond motifs is 2. The van der Waals surface area contributed by atoms with Gasteiger partial charge in [0.2, 0.25) is 0 Å². The second kappa shape index (κ2) is 5.52. The Morgan fingerprint density at radius 3 is 3.09 bits per heavy atom. The molecule has 2 saturated heterocycles. The van der Waals surface area contributed by atoms with Gasteiger partial charge in [-0.2, -0.15) is 5.26 Å². The van der Waals surface area contributed by atoms with E-state index >= 15 is 0 Å². The molecule has 2 fully saturated rings. The van der Waals surface area contributed by atoms with Crippen molar-refractivity contribution in [3.8, 4) is 17.4 Å². The van der Waals surface area contributed by atoms with Crippen molar-refractivity contribution in [3.05, 3.63) is 41.9 Å². The first-order valence-corrected chi connectivity index (χ1v) is 7.76. The minimum Gasteiger partial charge on any atom is -0.432 e. The molecule has 1 aromatic carbocycles. The molecule has 1 amide bonds. The Labute approximate surface area is 133 Å². The Balaban J connectivity index is 1.49. The number of hydrogen-bond acceptors (Lipinski definition) is 5. The fourth-order valence-corrected chi connectivity index (χ4v) is 3.47. The lowest BCUT2D eigenvalue weighted by Crippen LogP contribution is -2.43. The van der Waals surface area contributed by atoms with Crippen molar-refractivity contribution < 1.29 is 9.21 Å². The Morgan fingerprint density at radius 2 is 2.35 bits per heavy atom. The van der Waals surface area contributed by atoms with Crippen molar-refractivity contribution >= 4 is 5.91 Å². The van der Waals surface area contributed by atoms with Crippen molar-refractivity contribution in [2.45, 2.75) is 37.4 Å². The molecule has 0 radical (unpaired) electrons. The third kappa shape index (κ3) is 2.60. The van der Waals surface area contributed by atoms with Crippen LogP contribution in [0.4, 0.5) is 0 Å². The van der Waals surface area contributed by atoms with Crippen LogP contribution in [0, 0.1) is 11.3 Å². The SMILES string of the molecule is N#Cc1cccc(-c2cnc(C(=O)N[C@@H]3C[C@H]4CC[C@@H]3N4)o2)c1. The molecule has 0 saturated carbocycles. The van der Waals surface area contributed by atoms with E-state index in [1.54, 1.807) is 18.2 Å². The highest BCUT2D eigenvalue weighted by molar-refractivity contribution is 5.90. The summed E-state index contributed by atoms with van der Waals surface area (Å²) in [6.07, 6.45) is 4.78. The van der Waals surface area contributed by atoms with Gasteiger partial charge in [-0.15, -0.1) is 0 Å². The first-order chi connectivity index (χ1) is 11.2. The first kappa shape index (κ1) is 14.0. The van der Waals surface area contributed by atoms with Crippen LogP contribution in [0.3, 0.4) is 0 Å². The molecule has 6 nitrogen and oxygen atoms in total. The molecule has 0 aliphatic carbocycles. The van der Waals surface area contributed by atoms with Gasteiger partial charge in [0.25, 0.3) is 5.89 Å². The van der Waals surface area contributed by atoms with Gasteiger partial charge in [0.15, 0.2) is 5.76 Å². The van der Waals surface area contributed by atoms with Crippen LogP contribution < -0.4 is 10.6 Å². The number of hydrogen-bond donors (Lipinski definition) is 2. The summed E-state index contributed by atoms with van der Waals surface area (Å²) < 4.78 is 5.57. The average molecular weight is 308 g/mol. The molecule has 2 aliphatic rings. The van der Waals surface area contributed by atoms with Gasteiger partial charge >= 0.3 is 5.91 Å². The predicted molar refractivity (Wildman–Crippen MR) is 82.5 cm³/mol. The zero-order valence-electron chi connectivity index (χ0n) is 12.5. The van der Waals surface area contributed by atoms with Gasteiger partial charge in [-0.1, -0.05) is 12.1 Å². The summed E-state index contributed by atoms with van der Waals surface area (Å²) in [5, 5.41) is 15.4. The molecule has 0 spiro atoms. The van der Waals surface area contributed by atoms with Gasteiger partial charge in [0.05, 0.1) is 17.8 Å². The minimum atomic E-state index is -0.285. The van der Waals surface area contributed by atoms with E-state index in [1.165, 1.54) is 12.6 Å². The third-order valence-electron chi connectivity index (χ3n) is 4.59. The van der Waals surface area contributed by atoms with E-state index in [2.05, 4.69) is 21.7 Å². The number of amides is 1. The molecule has 116 valence electrons. The van der Waals surface area contributed by atoms with Crippen LogP contribution >= 0.6 is 0 Å². The van der Waals surface area contributed by atoms with Gasteiger partial charge < -0.3 is 15.1 Å². The summed E-state index contributed by atoms with van der Waals surface area (Å²) in [4.78, 5) is 16.4. The molecule has 3 atom stereocenters. The number of carbonyl (C=O) groups excluding carboxylic acids is 1.